The Kier molecular flexibility index (Phi) is 5.10. The maximum absolute atomic E-state index is 8.92. The Morgan fingerprint density at radius 3 is 2.04 bits per heavy atom. The summed E-state index contributed by atoms with van der Waals surface area (Å²) < 4.78 is 0. The quantitative estimate of drug-likeness (QED) is 0.630. The van der Waals surface area contributed by atoms with Gasteiger partial charge in [-0.25, -0.2) is 0 Å². The third kappa shape index (κ3) is 3.79. The van der Waals surface area contributed by atoms with Crippen molar-refractivity contribution >= 4 is 0 Å². The Morgan fingerprint density at radius 2 is 1.52 bits per heavy atom. The molecule has 2 saturated carbocycles. The molecule has 0 heterocycles. The van der Waals surface area contributed by atoms with Gasteiger partial charge >= 0.3 is 0 Å². The predicted octanol–water partition coefficient (Wildman–Crippen LogP) is 6.44. The first-order valence-corrected chi connectivity index (χ1v) is 9.63. The number of nitriles is 1. The summed E-state index contributed by atoms with van der Waals surface area (Å²) in [6.45, 7) is 4.86. The van der Waals surface area contributed by atoms with Crippen LogP contribution in [0, 0.1) is 28.6 Å². The monoisotopic (exact) mass is 309 g/mol. The van der Waals surface area contributed by atoms with Crippen molar-refractivity contribution in [1.29, 1.82) is 5.26 Å². The second kappa shape index (κ2) is 7.08. The first-order chi connectivity index (χ1) is 11.1. The maximum atomic E-state index is 8.92. The van der Waals surface area contributed by atoms with Crippen molar-refractivity contribution in [2.75, 3.05) is 0 Å². The largest absolute Gasteiger partial charge is 0.192 e. The van der Waals surface area contributed by atoms with Gasteiger partial charge in [0.05, 0.1) is 11.6 Å². The zero-order valence-electron chi connectivity index (χ0n) is 14.9. The average Bonchev–Trinajstić information content (AvgIpc) is 2.63. The number of benzene rings is 1. The highest BCUT2D eigenvalue weighted by atomic mass is 14.4. The number of hydrogen-bond donors (Lipinski definition) is 0. The molecule has 124 valence electrons. The molecule has 3 rings (SSSR count). The minimum atomic E-state index is 0.635. The van der Waals surface area contributed by atoms with Crippen molar-refractivity contribution in [2.45, 2.75) is 77.6 Å². The molecule has 23 heavy (non-hydrogen) atoms. The first-order valence-electron chi connectivity index (χ1n) is 9.63. The lowest BCUT2D eigenvalue weighted by Crippen LogP contribution is -2.29. The van der Waals surface area contributed by atoms with Crippen LogP contribution in [0.2, 0.25) is 0 Å². The van der Waals surface area contributed by atoms with Crippen molar-refractivity contribution < 1.29 is 0 Å². The van der Waals surface area contributed by atoms with Crippen molar-refractivity contribution in [1.82, 2.24) is 0 Å². The highest BCUT2D eigenvalue weighted by Gasteiger charge is 2.34. The molecule has 2 aliphatic carbocycles. The zero-order valence-corrected chi connectivity index (χ0v) is 14.9. The fraction of sp³-hybridized carbons (Fsp3) is 0.682. The van der Waals surface area contributed by atoms with E-state index < -0.39 is 0 Å². The maximum Gasteiger partial charge on any atom is 0.0991 e. The molecule has 2 aliphatic rings. The fourth-order valence-corrected chi connectivity index (χ4v) is 4.92. The Hall–Kier alpha value is -1.29. The van der Waals surface area contributed by atoms with Crippen LogP contribution in [0.1, 0.15) is 88.7 Å². The van der Waals surface area contributed by atoms with E-state index in [1.54, 1.807) is 0 Å². The lowest BCUT2D eigenvalue weighted by molar-refractivity contribution is 0.108. The van der Waals surface area contributed by atoms with Gasteiger partial charge in [-0.1, -0.05) is 32.4 Å². The molecule has 0 N–H and O–H groups in total. The SMILES string of the molecule is CCC1(C)CCC(C2CCC(c3ccc(C#N)cc3)CC2)CC1. The Bertz CT molecular complexity index is 534. The summed E-state index contributed by atoms with van der Waals surface area (Å²) in [4.78, 5) is 0. The Labute approximate surface area is 142 Å². The number of hydrogen-bond acceptors (Lipinski definition) is 1. The van der Waals surface area contributed by atoms with Crippen LogP contribution in [0.4, 0.5) is 0 Å². The molecular formula is C22H31N. The van der Waals surface area contributed by atoms with Gasteiger partial charge in [-0.3, -0.25) is 0 Å². The van der Waals surface area contributed by atoms with E-state index in [0.717, 1.165) is 23.3 Å². The molecule has 1 aromatic carbocycles. The molecule has 1 heteroatoms. The highest BCUT2D eigenvalue weighted by Crippen LogP contribution is 2.47. The van der Waals surface area contributed by atoms with E-state index in [4.69, 9.17) is 5.26 Å². The van der Waals surface area contributed by atoms with E-state index in [2.05, 4.69) is 32.0 Å². The minimum absolute atomic E-state index is 0.635. The van der Waals surface area contributed by atoms with Crippen molar-refractivity contribution in [3.05, 3.63) is 35.4 Å². The standard InChI is InChI=1S/C22H31N/c1-3-22(2)14-12-21(13-15-22)20-10-8-19(9-11-20)18-6-4-17(16-23)5-7-18/h4-7,19-21H,3,8-15H2,1-2H3. The summed E-state index contributed by atoms with van der Waals surface area (Å²) >= 11 is 0. The number of rotatable bonds is 3. The molecule has 0 spiro atoms. The molecule has 0 atom stereocenters. The number of nitrogens with zero attached hydrogens (tertiary/aromatic N) is 1. The third-order valence-electron chi connectivity index (χ3n) is 7.04. The van der Waals surface area contributed by atoms with Crippen LogP contribution in [0.3, 0.4) is 0 Å². The van der Waals surface area contributed by atoms with Crippen LogP contribution in [0.15, 0.2) is 24.3 Å². The molecule has 1 aromatic rings. The normalized spacial score (nSPS) is 34.7. The lowest BCUT2D eigenvalue weighted by Gasteiger charge is -2.42. The smallest absolute Gasteiger partial charge is 0.0991 e. The summed E-state index contributed by atoms with van der Waals surface area (Å²) in [7, 11) is 0. The summed E-state index contributed by atoms with van der Waals surface area (Å²) in [5.74, 6) is 2.70. The van der Waals surface area contributed by atoms with Gasteiger partial charge in [0.25, 0.3) is 0 Å². The topological polar surface area (TPSA) is 23.8 Å². The average molecular weight is 309 g/mol. The predicted molar refractivity (Wildman–Crippen MR) is 96.2 cm³/mol. The lowest BCUT2D eigenvalue weighted by atomic mass is 9.64. The molecule has 0 radical (unpaired) electrons. The molecule has 0 saturated heterocycles. The van der Waals surface area contributed by atoms with E-state index in [0.29, 0.717) is 5.41 Å². The van der Waals surface area contributed by atoms with Gasteiger partial charge in [0.15, 0.2) is 0 Å². The van der Waals surface area contributed by atoms with E-state index in [-0.39, 0.29) is 0 Å². The van der Waals surface area contributed by atoms with E-state index in [1.807, 2.05) is 12.1 Å². The van der Waals surface area contributed by atoms with Crippen LogP contribution in [0.5, 0.6) is 0 Å². The minimum Gasteiger partial charge on any atom is -0.192 e. The van der Waals surface area contributed by atoms with Crippen molar-refractivity contribution in [3.63, 3.8) is 0 Å². The zero-order chi connectivity index (χ0) is 16.3. The van der Waals surface area contributed by atoms with E-state index >= 15 is 0 Å². The van der Waals surface area contributed by atoms with Gasteiger partial charge in [-0.15, -0.1) is 0 Å². The van der Waals surface area contributed by atoms with E-state index in [1.165, 1.54) is 63.4 Å². The van der Waals surface area contributed by atoms with Crippen LogP contribution in [-0.4, -0.2) is 0 Å². The van der Waals surface area contributed by atoms with Gasteiger partial charge in [0.1, 0.15) is 0 Å². The molecule has 0 amide bonds. The second-order valence-corrected chi connectivity index (χ2v) is 8.35. The van der Waals surface area contributed by atoms with Crippen molar-refractivity contribution in [2.24, 2.45) is 17.3 Å². The molecule has 1 nitrogen and oxygen atoms in total. The van der Waals surface area contributed by atoms with Crippen LogP contribution >= 0.6 is 0 Å². The van der Waals surface area contributed by atoms with Gasteiger partial charge in [0, 0.05) is 0 Å². The van der Waals surface area contributed by atoms with Crippen LogP contribution in [-0.2, 0) is 0 Å². The van der Waals surface area contributed by atoms with Gasteiger partial charge in [0.2, 0.25) is 0 Å². The van der Waals surface area contributed by atoms with Crippen molar-refractivity contribution in [3.8, 4) is 6.07 Å². The van der Waals surface area contributed by atoms with Crippen LogP contribution in [0.25, 0.3) is 0 Å². The van der Waals surface area contributed by atoms with Gasteiger partial charge in [-0.2, -0.15) is 5.26 Å². The third-order valence-corrected chi connectivity index (χ3v) is 7.04. The van der Waals surface area contributed by atoms with Gasteiger partial charge in [-0.05, 0) is 92.2 Å². The molecular weight excluding hydrogens is 278 g/mol. The summed E-state index contributed by atoms with van der Waals surface area (Å²) in [6, 6.07) is 10.5. The molecule has 0 bridgehead atoms. The summed E-state index contributed by atoms with van der Waals surface area (Å²) in [5.41, 5.74) is 2.86. The molecule has 2 fully saturated rings. The van der Waals surface area contributed by atoms with E-state index in [9.17, 15) is 0 Å². The first kappa shape index (κ1) is 16.6. The Balaban J connectivity index is 1.51. The second-order valence-electron chi connectivity index (χ2n) is 8.35. The summed E-state index contributed by atoms with van der Waals surface area (Å²) in [6.07, 6.45) is 12.7. The highest BCUT2D eigenvalue weighted by molar-refractivity contribution is 5.33. The molecule has 0 aromatic heterocycles. The Morgan fingerprint density at radius 1 is 0.957 bits per heavy atom. The summed E-state index contributed by atoms with van der Waals surface area (Å²) in [5, 5.41) is 8.92. The fourth-order valence-electron chi connectivity index (χ4n) is 4.92. The van der Waals surface area contributed by atoms with Gasteiger partial charge < -0.3 is 0 Å². The molecule has 0 unspecified atom stereocenters. The molecule has 0 aliphatic heterocycles. The van der Waals surface area contributed by atoms with Crippen LogP contribution < -0.4 is 0 Å².